The van der Waals surface area contributed by atoms with Gasteiger partial charge in [0.25, 0.3) is 0 Å². The van der Waals surface area contributed by atoms with Crippen molar-refractivity contribution < 1.29 is 28.7 Å². The number of rotatable bonds is 7. The molecule has 0 aromatic carbocycles. The first-order valence-electron chi connectivity index (χ1n) is 3.98. The zero-order chi connectivity index (χ0) is 12.1. The zero-order valence-electron chi connectivity index (χ0n) is 7.76. The lowest BCUT2D eigenvalue weighted by Crippen LogP contribution is -2.12. The summed E-state index contributed by atoms with van der Waals surface area (Å²) in [5.41, 5.74) is 0. The normalized spacial score (nSPS) is 13.5. The monoisotopic (exact) mass is 296 g/mol. The van der Waals surface area contributed by atoms with E-state index in [2.05, 4.69) is 12.6 Å². The Labute approximate surface area is 97.6 Å². The van der Waals surface area contributed by atoms with Crippen molar-refractivity contribution in [3.63, 3.8) is 0 Å². The molecule has 0 rings (SSSR count). The maximum absolute atomic E-state index is 10.8. The molecule has 6 nitrogen and oxygen atoms in total. The van der Waals surface area contributed by atoms with Crippen LogP contribution in [0.15, 0.2) is 0 Å². The molecule has 0 amide bonds. The minimum absolute atomic E-state index is 0.248. The third kappa shape index (κ3) is 7.02. The van der Waals surface area contributed by atoms with Gasteiger partial charge >= 0.3 is 15.2 Å². The van der Waals surface area contributed by atoms with Crippen LogP contribution in [-0.2, 0) is 9.13 Å². The van der Waals surface area contributed by atoms with Crippen LogP contribution in [0.5, 0.6) is 0 Å². The molecule has 0 aromatic heterocycles. The topological polar surface area (TPSA) is 115 Å². The van der Waals surface area contributed by atoms with E-state index in [0.717, 1.165) is 18.2 Å². The lowest BCUT2D eigenvalue weighted by atomic mass is 10.6. The van der Waals surface area contributed by atoms with Crippen LogP contribution in [0, 0.1) is 0 Å². The van der Waals surface area contributed by atoms with Crippen LogP contribution in [0.1, 0.15) is 6.42 Å². The van der Waals surface area contributed by atoms with Gasteiger partial charge < -0.3 is 19.6 Å². The van der Waals surface area contributed by atoms with E-state index in [9.17, 15) is 9.13 Å². The Morgan fingerprint density at radius 1 is 1.13 bits per heavy atom. The summed E-state index contributed by atoms with van der Waals surface area (Å²) in [7, 11) is -9.50. The average molecular weight is 296 g/mol. The summed E-state index contributed by atoms with van der Waals surface area (Å²) in [6.45, 7) is 0. The molecular formula is C5H14O6P2S2. The SMILES string of the molecule is O=P(O)(O)C(CSCCCS)P(=O)(O)O. The van der Waals surface area contributed by atoms with Crippen LogP contribution in [0.4, 0.5) is 0 Å². The summed E-state index contributed by atoms with van der Waals surface area (Å²) in [6.07, 6.45) is 0.725. The van der Waals surface area contributed by atoms with Crippen molar-refractivity contribution in [2.24, 2.45) is 0 Å². The van der Waals surface area contributed by atoms with Gasteiger partial charge in [-0.05, 0) is 17.9 Å². The summed E-state index contributed by atoms with van der Waals surface area (Å²) in [4.78, 5) is 35.0. The van der Waals surface area contributed by atoms with Gasteiger partial charge in [-0.1, -0.05) is 0 Å². The van der Waals surface area contributed by atoms with Gasteiger partial charge in [0.05, 0.1) is 0 Å². The van der Waals surface area contributed by atoms with Crippen molar-refractivity contribution in [1.29, 1.82) is 0 Å². The van der Waals surface area contributed by atoms with Crippen LogP contribution in [0.3, 0.4) is 0 Å². The predicted molar refractivity (Wildman–Crippen MR) is 63.7 cm³/mol. The van der Waals surface area contributed by atoms with Gasteiger partial charge in [-0.25, -0.2) is 0 Å². The average Bonchev–Trinajstić information content (AvgIpc) is 1.99. The van der Waals surface area contributed by atoms with E-state index >= 15 is 0 Å². The number of hydrogen-bond acceptors (Lipinski definition) is 4. The van der Waals surface area contributed by atoms with E-state index in [1.165, 1.54) is 0 Å². The summed E-state index contributed by atoms with van der Waals surface area (Å²) < 4.78 is 21.6. The van der Waals surface area contributed by atoms with Crippen LogP contribution < -0.4 is 0 Å². The van der Waals surface area contributed by atoms with E-state index in [-0.39, 0.29) is 5.75 Å². The smallest absolute Gasteiger partial charge is 0.324 e. The Balaban J connectivity index is 4.30. The Morgan fingerprint density at radius 2 is 1.60 bits per heavy atom. The van der Waals surface area contributed by atoms with Crippen LogP contribution >= 0.6 is 39.6 Å². The molecule has 0 fully saturated rings. The molecule has 0 unspecified atom stereocenters. The van der Waals surface area contributed by atoms with Crippen molar-refractivity contribution >= 4 is 39.6 Å². The molecule has 0 aromatic rings. The summed E-state index contributed by atoms with van der Waals surface area (Å²) in [5, 5.41) is -1.89. The largest absolute Gasteiger partial charge is 0.341 e. The molecule has 15 heavy (non-hydrogen) atoms. The van der Waals surface area contributed by atoms with Crippen LogP contribution in [0.25, 0.3) is 0 Å². The van der Waals surface area contributed by atoms with Gasteiger partial charge in [-0.15, -0.1) is 0 Å². The Bertz CT molecular complexity index is 251. The lowest BCUT2D eigenvalue weighted by molar-refractivity contribution is 0.343. The molecule has 0 spiro atoms. The fraction of sp³-hybridized carbons (Fsp3) is 1.00. The standard InChI is InChI=1S/C5H14O6P2S2/c6-12(7,8)5(13(9,10)11)4-15-3-1-2-14/h5,14H,1-4H2,(H2,6,7,8)(H2,9,10,11). The zero-order valence-corrected chi connectivity index (χ0v) is 11.3. The second-order valence-electron chi connectivity index (χ2n) is 2.81. The molecule has 0 aliphatic heterocycles. The summed E-state index contributed by atoms with van der Waals surface area (Å²) in [6, 6.07) is 0. The third-order valence-corrected chi connectivity index (χ3v) is 7.17. The van der Waals surface area contributed by atoms with Gasteiger partial charge in [-0.2, -0.15) is 24.4 Å². The van der Waals surface area contributed by atoms with Crippen molar-refractivity contribution in [2.45, 2.75) is 11.8 Å². The van der Waals surface area contributed by atoms with Crippen molar-refractivity contribution in [1.82, 2.24) is 0 Å². The molecule has 0 bridgehead atoms. The first-order valence-corrected chi connectivity index (χ1v) is 9.13. The molecule has 0 atom stereocenters. The maximum Gasteiger partial charge on any atom is 0.341 e. The molecule has 0 aliphatic carbocycles. The fourth-order valence-corrected chi connectivity index (χ4v) is 5.60. The van der Waals surface area contributed by atoms with Crippen LogP contribution in [0.2, 0.25) is 0 Å². The molecule has 0 saturated carbocycles. The lowest BCUT2D eigenvalue weighted by Gasteiger charge is -2.18. The quantitative estimate of drug-likeness (QED) is 0.267. The van der Waals surface area contributed by atoms with Gasteiger partial charge in [0.2, 0.25) is 0 Å². The van der Waals surface area contributed by atoms with E-state index in [4.69, 9.17) is 19.6 Å². The number of thiol groups is 1. The molecule has 92 valence electrons. The maximum atomic E-state index is 10.8. The van der Waals surface area contributed by atoms with Gasteiger partial charge in [0.1, 0.15) is 0 Å². The van der Waals surface area contributed by atoms with Crippen LogP contribution in [-0.4, -0.2) is 42.2 Å². The van der Waals surface area contributed by atoms with Crippen molar-refractivity contribution in [3.8, 4) is 0 Å². The summed E-state index contributed by atoms with van der Waals surface area (Å²) >= 11 is 5.05. The predicted octanol–water partition coefficient (Wildman–Crippen LogP) is 0.721. The van der Waals surface area contributed by atoms with E-state index in [1.54, 1.807) is 0 Å². The highest BCUT2D eigenvalue weighted by molar-refractivity contribution is 8.00. The van der Waals surface area contributed by atoms with E-state index in [1.807, 2.05) is 0 Å². The third-order valence-electron chi connectivity index (χ3n) is 1.49. The second kappa shape index (κ2) is 6.67. The first kappa shape index (κ1) is 16.0. The van der Waals surface area contributed by atoms with Gasteiger partial charge in [-0.3, -0.25) is 9.13 Å². The highest BCUT2D eigenvalue weighted by Gasteiger charge is 2.42. The van der Waals surface area contributed by atoms with E-state index in [0.29, 0.717) is 11.5 Å². The fourth-order valence-electron chi connectivity index (χ4n) is 0.745. The Hall–Kier alpha value is 1.000. The molecule has 0 heterocycles. The molecule has 0 aliphatic rings. The number of hydrogen-bond donors (Lipinski definition) is 5. The van der Waals surface area contributed by atoms with Crippen molar-refractivity contribution in [3.05, 3.63) is 0 Å². The van der Waals surface area contributed by atoms with Gasteiger partial charge in [0.15, 0.2) is 5.40 Å². The Morgan fingerprint density at radius 3 is 1.93 bits per heavy atom. The minimum atomic E-state index is -4.75. The highest BCUT2D eigenvalue weighted by atomic mass is 32.2. The molecular weight excluding hydrogens is 282 g/mol. The first-order chi connectivity index (χ1) is 6.69. The van der Waals surface area contributed by atoms with Crippen molar-refractivity contribution in [2.75, 3.05) is 17.3 Å². The van der Waals surface area contributed by atoms with Gasteiger partial charge in [0, 0.05) is 5.75 Å². The number of thioether (sulfide) groups is 1. The van der Waals surface area contributed by atoms with E-state index < -0.39 is 20.6 Å². The minimum Gasteiger partial charge on any atom is -0.324 e. The second-order valence-corrected chi connectivity index (χ2v) is 8.42. The summed E-state index contributed by atoms with van der Waals surface area (Å²) in [5.74, 6) is 0.950. The Kier molecular flexibility index (Phi) is 7.11. The molecule has 0 radical (unpaired) electrons. The molecule has 10 heteroatoms. The molecule has 0 saturated heterocycles. The highest BCUT2D eigenvalue weighted by Crippen LogP contribution is 2.60. The molecule has 4 N–H and O–H groups in total.